The highest BCUT2D eigenvalue weighted by Gasteiger charge is 2.39. The van der Waals surface area contributed by atoms with E-state index >= 15 is 0 Å². The molecule has 9 nitrogen and oxygen atoms in total. The van der Waals surface area contributed by atoms with E-state index in [1.807, 2.05) is 38.7 Å². The number of amides is 4. The molecule has 10 heteroatoms. The summed E-state index contributed by atoms with van der Waals surface area (Å²) in [6.45, 7) is 12.3. The lowest BCUT2D eigenvalue weighted by atomic mass is 9.94. The van der Waals surface area contributed by atoms with E-state index in [-0.39, 0.29) is 30.8 Å². The molecule has 2 heterocycles. The molecule has 0 radical (unpaired) electrons. The van der Waals surface area contributed by atoms with E-state index in [1.165, 1.54) is 0 Å². The minimum atomic E-state index is -0.719. The fourth-order valence-electron chi connectivity index (χ4n) is 4.62. The first kappa shape index (κ1) is 26.8. The Balaban J connectivity index is 1.95. The van der Waals surface area contributed by atoms with Crippen molar-refractivity contribution in [3.8, 4) is 0 Å². The molecule has 2 N–H and O–H groups in total. The highest BCUT2D eigenvalue weighted by molar-refractivity contribution is 6.31. The van der Waals surface area contributed by atoms with Crippen molar-refractivity contribution in [1.82, 2.24) is 25.3 Å². The molecule has 4 amide bonds. The SMILES string of the molecule is CCOC(=O)C1=C(CN2CCN(C(=O)NC(C)C)[C@@H](C)C2)N(CC)C(=O)N[C@H]1c1ccccc1Cl. The number of hydrogen-bond donors (Lipinski definition) is 2. The Bertz CT molecular complexity index is 982. The van der Waals surface area contributed by atoms with Crippen LogP contribution < -0.4 is 10.6 Å². The van der Waals surface area contributed by atoms with Gasteiger partial charge < -0.3 is 20.3 Å². The van der Waals surface area contributed by atoms with Crippen molar-refractivity contribution < 1.29 is 19.1 Å². The summed E-state index contributed by atoms with van der Waals surface area (Å²) >= 11 is 6.47. The van der Waals surface area contributed by atoms with Gasteiger partial charge in [0.25, 0.3) is 0 Å². The first-order chi connectivity index (χ1) is 16.7. The molecular weight excluding hydrogens is 470 g/mol. The number of ether oxygens (including phenoxy) is 1. The Hall–Kier alpha value is -2.78. The smallest absolute Gasteiger partial charge is 0.338 e. The summed E-state index contributed by atoms with van der Waals surface area (Å²) in [6, 6.07) is 6.12. The van der Waals surface area contributed by atoms with Gasteiger partial charge in [-0.15, -0.1) is 0 Å². The van der Waals surface area contributed by atoms with Crippen LogP contribution in [0.15, 0.2) is 35.5 Å². The summed E-state index contributed by atoms with van der Waals surface area (Å²) in [6.07, 6.45) is 0. The lowest BCUT2D eigenvalue weighted by molar-refractivity contribution is -0.139. The molecule has 3 rings (SSSR count). The average Bonchev–Trinajstić information content (AvgIpc) is 2.79. The molecule has 0 aromatic heterocycles. The molecule has 1 aromatic carbocycles. The third-order valence-corrected chi connectivity index (χ3v) is 6.57. The highest BCUT2D eigenvalue weighted by Crippen LogP contribution is 2.35. The third kappa shape index (κ3) is 6.08. The van der Waals surface area contributed by atoms with Gasteiger partial charge in [-0.3, -0.25) is 9.80 Å². The second kappa shape index (κ2) is 11.8. The minimum Gasteiger partial charge on any atom is -0.463 e. The van der Waals surface area contributed by atoms with Crippen LogP contribution in [0.1, 0.15) is 46.2 Å². The lowest BCUT2D eigenvalue weighted by Crippen LogP contribution is -2.58. The summed E-state index contributed by atoms with van der Waals surface area (Å²) < 4.78 is 5.43. The first-order valence-electron chi connectivity index (χ1n) is 12.2. The number of esters is 1. The van der Waals surface area contributed by atoms with E-state index in [0.717, 1.165) is 0 Å². The van der Waals surface area contributed by atoms with Crippen LogP contribution in [-0.4, -0.2) is 84.1 Å². The number of halogens is 1. The number of carbonyl (C=O) groups excluding carboxylic acids is 3. The molecule has 0 aliphatic carbocycles. The Morgan fingerprint density at radius 2 is 1.94 bits per heavy atom. The number of carbonyl (C=O) groups is 3. The van der Waals surface area contributed by atoms with E-state index in [2.05, 4.69) is 15.5 Å². The van der Waals surface area contributed by atoms with Gasteiger partial charge in [-0.2, -0.15) is 0 Å². The standard InChI is InChI=1S/C25H36ClN5O4/c1-6-30-20(15-29-12-13-31(17(5)14-29)24(33)27-16(3)4)21(23(32)35-7-2)22(28-25(30)34)18-10-8-9-11-19(18)26/h8-11,16-17,22H,6-7,12-15H2,1-5H3,(H,27,33)(H,28,34)/t17-,22-/m0/s1. The number of nitrogens with zero attached hydrogens (tertiary/aromatic N) is 3. The molecule has 192 valence electrons. The fourth-order valence-corrected chi connectivity index (χ4v) is 4.86. The van der Waals surface area contributed by atoms with Crippen molar-refractivity contribution in [3.63, 3.8) is 0 Å². The minimum absolute atomic E-state index is 0.0269. The van der Waals surface area contributed by atoms with Gasteiger partial charge in [0.15, 0.2) is 0 Å². The van der Waals surface area contributed by atoms with Crippen LogP contribution in [0.3, 0.4) is 0 Å². The van der Waals surface area contributed by atoms with Crippen LogP contribution in [0.2, 0.25) is 5.02 Å². The van der Waals surface area contributed by atoms with Crippen LogP contribution in [-0.2, 0) is 9.53 Å². The second-order valence-electron chi connectivity index (χ2n) is 9.11. The third-order valence-electron chi connectivity index (χ3n) is 6.22. The van der Waals surface area contributed by atoms with Crippen molar-refractivity contribution in [3.05, 3.63) is 46.1 Å². The number of benzene rings is 1. The Morgan fingerprint density at radius 3 is 2.54 bits per heavy atom. The van der Waals surface area contributed by atoms with Crippen molar-refractivity contribution in [2.24, 2.45) is 0 Å². The van der Waals surface area contributed by atoms with Crippen LogP contribution in [0.4, 0.5) is 9.59 Å². The van der Waals surface area contributed by atoms with Crippen LogP contribution in [0.25, 0.3) is 0 Å². The zero-order chi connectivity index (χ0) is 25.7. The predicted molar refractivity (Wildman–Crippen MR) is 135 cm³/mol. The van der Waals surface area contributed by atoms with Crippen LogP contribution in [0.5, 0.6) is 0 Å². The van der Waals surface area contributed by atoms with Gasteiger partial charge in [0, 0.05) is 55.5 Å². The van der Waals surface area contributed by atoms with Crippen molar-refractivity contribution in [2.75, 3.05) is 39.3 Å². The summed E-state index contributed by atoms with van der Waals surface area (Å²) in [5, 5.41) is 6.36. The molecule has 0 saturated carbocycles. The monoisotopic (exact) mass is 505 g/mol. The predicted octanol–water partition coefficient (Wildman–Crippen LogP) is 3.37. The Labute approximate surface area is 212 Å². The summed E-state index contributed by atoms with van der Waals surface area (Å²) in [5.41, 5.74) is 1.63. The number of hydrogen-bond acceptors (Lipinski definition) is 5. The molecular formula is C25H36ClN5O4. The van der Waals surface area contributed by atoms with Gasteiger partial charge >= 0.3 is 18.0 Å². The first-order valence-corrected chi connectivity index (χ1v) is 12.6. The average molecular weight is 506 g/mol. The number of urea groups is 2. The topological polar surface area (TPSA) is 94.2 Å². The maximum atomic E-state index is 13.2. The Morgan fingerprint density at radius 1 is 1.23 bits per heavy atom. The molecule has 0 bridgehead atoms. The molecule has 0 spiro atoms. The van der Waals surface area contributed by atoms with Crippen LogP contribution in [0, 0.1) is 0 Å². The molecule has 0 unspecified atom stereocenters. The Kier molecular flexibility index (Phi) is 9.02. The molecule has 1 fully saturated rings. The summed E-state index contributed by atoms with van der Waals surface area (Å²) in [7, 11) is 0. The van der Waals surface area contributed by atoms with E-state index in [0.29, 0.717) is 54.6 Å². The van der Waals surface area contributed by atoms with E-state index in [1.54, 1.807) is 30.0 Å². The van der Waals surface area contributed by atoms with Crippen LogP contribution >= 0.6 is 11.6 Å². The molecule has 2 aliphatic rings. The number of nitrogens with one attached hydrogen (secondary N) is 2. The zero-order valence-electron chi connectivity index (χ0n) is 21.1. The van der Waals surface area contributed by atoms with E-state index in [9.17, 15) is 14.4 Å². The van der Waals surface area contributed by atoms with Crippen molar-refractivity contribution in [2.45, 2.75) is 52.7 Å². The quantitative estimate of drug-likeness (QED) is 0.554. The van der Waals surface area contributed by atoms with Gasteiger partial charge in [-0.25, -0.2) is 14.4 Å². The normalized spacial score (nSPS) is 21.3. The number of rotatable bonds is 7. The van der Waals surface area contributed by atoms with E-state index in [4.69, 9.17) is 16.3 Å². The number of piperazine rings is 1. The highest BCUT2D eigenvalue weighted by atomic mass is 35.5. The molecule has 2 atom stereocenters. The summed E-state index contributed by atoms with van der Waals surface area (Å²) in [4.78, 5) is 44.5. The zero-order valence-corrected chi connectivity index (χ0v) is 21.9. The molecule has 1 aromatic rings. The van der Waals surface area contributed by atoms with Gasteiger partial charge in [0.1, 0.15) is 0 Å². The van der Waals surface area contributed by atoms with Gasteiger partial charge in [0.05, 0.1) is 18.2 Å². The van der Waals surface area contributed by atoms with Crippen molar-refractivity contribution in [1.29, 1.82) is 0 Å². The largest absolute Gasteiger partial charge is 0.463 e. The molecule has 2 aliphatic heterocycles. The molecule has 35 heavy (non-hydrogen) atoms. The fraction of sp³-hybridized carbons (Fsp3) is 0.560. The number of likely N-dealkylation sites (N-methyl/N-ethyl adjacent to an activating group) is 1. The molecule has 1 saturated heterocycles. The second-order valence-corrected chi connectivity index (χ2v) is 9.52. The van der Waals surface area contributed by atoms with Gasteiger partial charge in [0.2, 0.25) is 0 Å². The lowest BCUT2D eigenvalue weighted by Gasteiger charge is -2.43. The van der Waals surface area contributed by atoms with E-state index < -0.39 is 12.0 Å². The maximum absolute atomic E-state index is 13.2. The van der Waals surface area contributed by atoms with Gasteiger partial charge in [-0.1, -0.05) is 29.8 Å². The maximum Gasteiger partial charge on any atom is 0.338 e. The van der Waals surface area contributed by atoms with Crippen molar-refractivity contribution >= 4 is 29.6 Å². The van der Waals surface area contributed by atoms with Gasteiger partial charge in [-0.05, 0) is 46.2 Å². The summed E-state index contributed by atoms with van der Waals surface area (Å²) in [5.74, 6) is -0.478.